The van der Waals surface area contributed by atoms with E-state index >= 15 is 0 Å². The number of aliphatic hydroxyl groups is 1. The Morgan fingerprint density at radius 1 is 0.633 bits per heavy atom. The van der Waals surface area contributed by atoms with E-state index in [1.165, 1.54) is 123 Å². The first kappa shape index (κ1) is 29.4. The van der Waals surface area contributed by atoms with E-state index in [0.717, 1.165) is 12.8 Å². The van der Waals surface area contributed by atoms with Gasteiger partial charge in [0.1, 0.15) is 0 Å². The van der Waals surface area contributed by atoms with Gasteiger partial charge in [0.2, 0.25) is 0 Å². The lowest BCUT2D eigenvalue weighted by atomic mass is 10.0. The van der Waals surface area contributed by atoms with E-state index in [9.17, 15) is 4.79 Å². The Kier molecular flexibility index (Phi) is 24.2. The van der Waals surface area contributed by atoms with Crippen LogP contribution in [0, 0.1) is 0 Å². The number of methoxy groups -OCH3 is 1. The van der Waals surface area contributed by atoms with Gasteiger partial charge in [0.05, 0.1) is 13.7 Å². The third-order valence-electron chi connectivity index (χ3n) is 5.95. The van der Waals surface area contributed by atoms with Crippen LogP contribution in [0.2, 0.25) is 0 Å². The third kappa shape index (κ3) is 20.7. The van der Waals surface area contributed by atoms with Crippen molar-refractivity contribution in [3.8, 4) is 0 Å². The third-order valence-corrected chi connectivity index (χ3v) is 5.95. The molecule has 4 heteroatoms. The molecule has 180 valence electrons. The van der Waals surface area contributed by atoms with Crippen LogP contribution in [-0.4, -0.2) is 37.5 Å². The second-order valence-electron chi connectivity index (χ2n) is 8.78. The molecule has 0 aliphatic heterocycles. The Balaban J connectivity index is 3.14. The zero-order valence-electron chi connectivity index (χ0n) is 20.3. The van der Waals surface area contributed by atoms with Crippen molar-refractivity contribution in [2.24, 2.45) is 0 Å². The molecule has 0 rings (SSSR count). The highest BCUT2D eigenvalue weighted by molar-refractivity contribution is 5.74. The number of carbonyl (C=O) groups excluding carboxylic acids is 1. The van der Waals surface area contributed by atoms with Crippen molar-refractivity contribution >= 4 is 5.97 Å². The van der Waals surface area contributed by atoms with Crippen LogP contribution in [-0.2, 0) is 14.3 Å². The maximum absolute atomic E-state index is 11.3. The lowest BCUT2D eigenvalue weighted by molar-refractivity contribution is -0.156. The summed E-state index contributed by atoms with van der Waals surface area (Å²) >= 11 is 0. The SMILES string of the molecule is CCCCCCCCCCCCCCCCCCCCCCO[C@H](CO)C(=O)OC. The fraction of sp³-hybridized carbons (Fsp3) is 0.962. The second kappa shape index (κ2) is 24.7. The van der Waals surface area contributed by atoms with Crippen LogP contribution < -0.4 is 0 Å². The number of hydrogen-bond acceptors (Lipinski definition) is 4. The topological polar surface area (TPSA) is 55.8 Å². The number of rotatable bonds is 24. The predicted molar refractivity (Wildman–Crippen MR) is 127 cm³/mol. The number of ether oxygens (including phenoxy) is 2. The molecule has 0 aliphatic carbocycles. The summed E-state index contributed by atoms with van der Waals surface area (Å²) in [5, 5.41) is 9.07. The molecule has 0 fully saturated rings. The van der Waals surface area contributed by atoms with Gasteiger partial charge < -0.3 is 14.6 Å². The van der Waals surface area contributed by atoms with Crippen molar-refractivity contribution in [3.05, 3.63) is 0 Å². The Morgan fingerprint density at radius 3 is 1.27 bits per heavy atom. The normalized spacial score (nSPS) is 12.2. The average Bonchev–Trinajstić information content (AvgIpc) is 2.77. The van der Waals surface area contributed by atoms with E-state index in [4.69, 9.17) is 9.84 Å². The molecule has 0 radical (unpaired) electrons. The molecule has 0 bridgehead atoms. The van der Waals surface area contributed by atoms with Gasteiger partial charge in [-0.15, -0.1) is 0 Å². The van der Waals surface area contributed by atoms with Crippen molar-refractivity contribution in [2.45, 2.75) is 141 Å². The minimum Gasteiger partial charge on any atom is -0.467 e. The van der Waals surface area contributed by atoms with Gasteiger partial charge in [0.25, 0.3) is 0 Å². The molecule has 0 spiro atoms. The van der Waals surface area contributed by atoms with Crippen molar-refractivity contribution in [1.82, 2.24) is 0 Å². The summed E-state index contributed by atoms with van der Waals surface area (Å²) in [6.07, 6.45) is 26.4. The number of unbranched alkanes of at least 4 members (excludes halogenated alkanes) is 19. The summed E-state index contributed by atoms with van der Waals surface area (Å²) in [5.74, 6) is -0.495. The number of hydrogen-bond donors (Lipinski definition) is 1. The fourth-order valence-electron chi connectivity index (χ4n) is 3.91. The van der Waals surface area contributed by atoms with E-state index in [1.54, 1.807) is 0 Å². The van der Waals surface area contributed by atoms with E-state index in [1.807, 2.05) is 0 Å². The average molecular weight is 429 g/mol. The van der Waals surface area contributed by atoms with Crippen molar-refractivity contribution in [1.29, 1.82) is 0 Å². The molecule has 1 atom stereocenters. The first-order valence-corrected chi connectivity index (χ1v) is 13.1. The minimum atomic E-state index is -0.824. The highest BCUT2D eigenvalue weighted by Gasteiger charge is 2.17. The van der Waals surface area contributed by atoms with Gasteiger partial charge >= 0.3 is 5.97 Å². The number of esters is 1. The molecule has 30 heavy (non-hydrogen) atoms. The van der Waals surface area contributed by atoms with Crippen LogP contribution in [0.4, 0.5) is 0 Å². The Hall–Kier alpha value is -0.610. The largest absolute Gasteiger partial charge is 0.467 e. The fourth-order valence-corrected chi connectivity index (χ4v) is 3.91. The van der Waals surface area contributed by atoms with Gasteiger partial charge in [0.15, 0.2) is 6.10 Å². The van der Waals surface area contributed by atoms with Crippen molar-refractivity contribution < 1.29 is 19.4 Å². The van der Waals surface area contributed by atoms with Gasteiger partial charge in [-0.25, -0.2) is 4.79 Å². The van der Waals surface area contributed by atoms with Crippen molar-refractivity contribution in [3.63, 3.8) is 0 Å². The predicted octanol–water partition coefficient (Wildman–Crippen LogP) is 7.36. The summed E-state index contributed by atoms with van der Waals surface area (Å²) in [5.41, 5.74) is 0. The zero-order valence-corrected chi connectivity index (χ0v) is 20.3. The van der Waals surface area contributed by atoms with E-state index in [2.05, 4.69) is 11.7 Å². The monoisotopic (exact) mass is 428 g/mol. The van der Waals surface area contributed by atoms with E-state index < -0.39 is 12.1 Å². The molecule has 0 aromatic rings. The molecule has 0 aromatic carbocycles. The van der Waals surface area contributed by atoms with Gasteiger partial charge in [-0.2, -0.15) is 0 Å². The first-order chi connectivity index (χ1) is 14.8. The summed E-state index contributed by atoms with van der Waals surface area (Å²) < 4.78 is 9.93. The maximum atomic E-state index is 11.3. The molecular formula is C26H52O4. The Labute approximate surface area is 187 Å². The van der Waals surface area contributed by atoms with Crippen molar-refractivity contribution in [2.75, 3.05) is 20.3 Å². The molecule has 0 aliphatic rings. The summed E-state index contributed by atoms with van der Waals surface area (Å²) in [7, 11) is 1.31. The van der Waals surface area contributed by atoms with E-state index in [0.29, 0.717) is 6.61 Å². The van der Waals surface area contributed by atoms with Gasteiger partial charge in [-0.05, 0) is 6.42 Å². The molecular weight excluding hydrogens is 376 g/mol. The highest BCUT2D eigenvalue weighted by Crippen LogP contribution is 2.14. The van der Waals surface area contributed by atoms with Gasteiger partial charge in [0, 0.05) is 6.61 Å². The lowest BCUT2D eigenvalue weighted by Gasteiger charge is -2.12. The Morgan fingerprint density at radius 2 is 0.967 bits per heavy atom. The van der Waals surface area contributed by atoms with Crippen LogP contribution in [0.3, 0.4) is 0 Å². The molecule has 0 amide bonds. The number of carbonyl (C=O) groups is 1. The molecule has 4 nitrogen and oxygen atoms in total. The van der Waals surface area contributed by atoms with Crippen LogP contribution in [0.5, 0.6) is 0 Å². The number of aliphatic hydroxyl groups excluding tert-OH is 1. The van der Waals surface area contributed by atoms with Crippen LogP contribution in [0.25, 0.3) is 0 Å². The molecule has 0 unspecified atom stereocenters. The quantitative estimate of drug-likeness (QED) is 0.129. The molecule has 0 heterocycles. The standard InChI is InChI=1S/C26H52O4/c1-3-4-5-6-7-8-9-10-11-12-13-14-15-16-17-18-19-20-21-22-23-30-25(24-27)26(28)29-2/h25,27H,3-24H2,1-2H3/t25-/m1/s1. The molecule has 0 saturated carbocycles. The Bertz CT molecular complexity index is 346. The molecule has 0 aromatic heterocycles. The second-order valence-corrected chi connectivity index (χ2v) is 8.78. The van der Waals surface area contributed by atoms with Gasteiger partial charge in [-0.1, -0.05) is 129 Å². The van der Waals surface area contributed by atoms with Crippen LogP contribution >= 0.6 is 0 Å². The molecule has 1 N–H and O–H groups in total. The highest BCUT2D eigenvalue weighted by atomic mass is 16.6. The minimum absolute atomic E-state index is 0.314. The van der Waals surface area contributed by atoms with Crippen LogP contribution in [0.1, 0.15) is 135 Å². The molecule has 0 saturated heterocycles. The maximum Gasteiger partial charge on any atom is 0.337 e. The lowest BCUT2D eigenvalue weighted by Crippen LogP contribution is -2.29. The summed E-state index contributed by atoms with van der Waals surface area (Å²) in [6.45, 7) is 2.48. The summed E-state index contributed by atoms with van der Waals surface area (Å²) in [4.78, 5) is 11.3. The zero-order chi connectivity index (χ0) is 22.1. The van der Waals surface area contributed by atoms with E-state index in [-0.39, 0.29) is 6.61 Å². The summed E-state index contributed by atoms with van der Waals surface area (Å²) in [6, 6.07) is 0. The van der Waals surface area contributed by atoms with Crippen LogP contribution in [0.15, 0.2) is 0 Å². The van der Waals surface area contributed by atoms with Gasteiger partial charge in [-0.3, -0.25) is 0 Å². The first-order valence-electron chi connectivity index (χ1n) is 13.1. The smallest absolute Gasteiger partial charge is 0.337 e.